The summed E-state index contributed by atoms with van der Waals surface area (Å²) >= 11 is 0. The molecule has 1 atom stereocenters. The zero-order valence-electron chi connectivity index (χ0n) is 10.7. The Morgan fingerprint density at radius 1 is 1.28 bits per heavy atom. The third kappa shape index (κ3) is 2.39. The molecular formula is C16H19NO. The van der Waals surface area contributed by atoms with Gasteiger partial charge >= 0.3 is 0 Å². The van der Waals surface area contributed by atoms with Crippen LogP contribution >= 0.6 is 0 Å². The predicted octanol–water partition coefficient (Wildman–Crippen LogP) is 3.81. The molecule has 0 radical (unpaired) electrons. The number of rotatable bonds is 5. The van der Waals surface area contributed by atoms with E-state index in [0.717, 1.165) is 23.1 Å². The molecule has 2 aromatic rings. The Labute approximate surface area is 108 Å². The molecule has 2 N–H and O–H groups in total. The van der Waals surface area contributed by atoms with Crippen molar-refractivity contribution in [3.8, 4) is 5.75 Å². The second-order valence-electron chi connectivity index (χ2n) is 4.26. The summed E-state index contributed by atoms with van der Waals surface area (Å²) in [5, 5.41) is 2.35. The maximum absolute atomic E-state index is 6.25. The fourth-order valence-electron chi connectivity index (χ4n) is 2.24. The molecule has 0 fully saturated rings. The van der Waals surface area contributed by atoms with E-state index in [4.69, 9.17) is 10.5 Å². The van der Waals surface area contributed by atoms with Gasteiger partial charge in [-0.25, -0.2) is 0 Å². The molecule has 0 aliphatic heterocycles. The summed E-state index contributed by atoms with van der Waals surface area (Å²) in [7, 11) is 0. The number of hydrogen-bond acceptors (Lipinski definition) is 2. The molecule has 2 nitrogen and oxygen atoms in total. The lowest BCUT2D eigenvalue weighted by molar-refractivity contribution is 0.335. The van der Waals surface area contributed by atoms with Crippen LogP contribution in [0.5, 0.6) is 5.75 Å². The summed E-state index contributed by atoms with van der Waals surface area (Å²) in [5.41, 5.74) is 7.33. The Hall–Kier alpha value is -1.80. The van der Waals surface area contributed by atoms with E-state index in [9.17, 15) is 0 Å². The van der Waals surface area contributed by atoms with Crippen LogP contribution in [0.3, 0.4) is 0 Å². The summed E-state index contributed by atoms with van der Waals surface area (Å²) in [5.74, 6) is 0.880. The maximum Gasteiger partial charge on any atom is 0.124 e. The van der Waals surface area contributed by atoms with E-state index < -0.39 is 0 Å². The zero-order chi connectivity index (χ0) is 13.0. The lowest BCUT2D eigenvalue weighted by atomic mass is 9.96. The second kappa shape index (κ2) is 5.69. The van der Waals surface area contributed by atoms with Gasteiger partial charge in [-0.05, 0) is 30.2 Å². The van der Waals surface area contributed by atoms with Gasteiger partial charge in [0.1, 0.15) is 5.75 Å². The Kier molecular flexibility index (Phi) is 4.00. The predicted molar refractivity (Wildman–Crippen MR) is 76.9 cm³/mol. The standard InChI is InChI=1S/C16H19NO/c1-3-7-14(17)16-13-9-6-5-8-12(13)10-11-15(16)18-4-2/h3,5-6,8-11,14H,1,4,7,17H2,2H3/t14-/m1/s1. The first kappa shape index (κ1) is 12.7. The fraction of sp³-hybridized carbons (Fsp3) is 0.250. The van der Waals surface area contributed by atoms with Crippen LogP contribution in [-0.4, -0.2) is 6.61 Å². The van der Waals surface area contributed by atoms with E-state index >= 15 is 0 Å². The van der Waals surface area contributed by atoms with Gasteiger partial charge in [0.05, 0.1) is 6.61 Å². The van der Waals surface area contributed by atoms with E-state index in [2.05, 4.69) is 24.8 Å². The van der Waals surface area contributed by atoms with Crippen LogP contribution < -0.4 is 10.5 Å². The normalized spacial score (nSPS) is 12.3. The molecule has 0 amide bonds. The average Bonchev–Trinajstić information content (AvgIpc) is 2.39. The van der Waals surface area contributed by atoms with Crippen LogP contribution in [0.15, 0.2) is 49.1 Å². The summed E-state index contributed by atoms with van der Waals surface area (Å²) in [6.07, 6.45) is 2.59. The van der Waals surface area contributed by atoms with E-state index in [1.54, 1.807) is 0 Å². The minimum atomic E-state index is -0.0739. The van der Waals surface area contributed by atoms with Crippen molar-refractivity contribution >= 4 is 10.8 Å². The van der Waals surface area contributed by atoms with E-state index in [0.29, 0.717) is 6.61 Å². The first-order chi connectivity index (χ1) is 8.77. The smallest absolute Gasteiger partial charge is 0.124 e. The maximum atomic E-state index is 6.25. The first-order valence-electron chi connectivity index (χ1n) is 6.28. The third-order valence-electron chi connectivity index (χ3n) is 3.02. The molecule has 0 aliphatic carbocycles. The van der Waals surface area contributed by atoms with Crippen molar-refractivity contribution in [3.63, 3.8) is 0 Å². The molecule has 0 unspecified atom stereocenters. The van der Waals surface area contributed by atoms with Crippen LogP contribution in [0.2, 0.25) is 0 Å². The van der Waals surface area contributed by atoms with E-state index in [1.165, 1.54) is 5.39 Å². The highest BCUT2D eigenvalue weighted by Crippen LogP contribution is 2.33. The zero-order valence-corrected chi connectivity index (χ0v) is 10.7. The highest BCUT2D eigenvalue weighted by atomic mass is 16.5. The summed E-state index contributed by atoms with van der Waals surface area (Å²) in [4.78, 5) is 0. The number of benzene rings is 2. The summed E-state index contributed by atoms with van der Waals surface area (Å²) < 4.78 is 5.70. The highest BCUT2D eigenvalue weighted by molar-refractivity contribution is 5.88. The third-order valence-corrected chi connectivity index (χ3v) is 3.02. The van der Waals surface area contributed by atoms with Crippen LogP contribution in [0, 0.1) is 0 Å². The molecule has 2 heteroatoms. The van der Waals surface area contributed by atoms with Gasteiger partial charge in [-0.3, -0.25) is 0 Å². The minimum absolute atomic E-state index is 0.0739. The van der Waals surface area contributed by atoms with Crippen molar-refractivity contribution in [2.45, 2.75) is 19.4 Å². The molecule has 2 aromatic carbocycles. The molecule has 2 rings (SSSR count). The molecule has 0 spiro atoms. The summed E-state index contributed by atoms with van der Waals surface area (Å²) in [6, 6.07) is 12.3. The SMILES string of the molecule is C=CC[C@@H](N)c1c(OCC)ccc2ccccc12. The number of ether oxygens (including phenoxy) is 1. The van der Waals surface area contributed by atoms with Gasteiger partial charge in [-0.2, -0.15) is 0 Å². The van der Waals surface area contributed by atoms with Crippen molar-refractivity contribution in [2.75, 3.05) is 6.61 Å². The molecule has 18 heavy (non-hydrogen) atoms. The molecular weight excluding hydrogens is 222 g/mol. The largest absolute Gasteiger partial charge is 0.494 e. The van der Waals surface area contributed by atoms with Crippen LogP contribution in [0.25, 0.3) is 10.8 Å². The monoisotopic (exact) mass is 241 g/mol. The number of fused-ring (bicyclic) bond motifs is 1. The number of nitrogens with two attached hydrogens (primary N) is 1. The van der Waals surface area contributed by atoms with Crippen molar-refractivity contribution < 1.29 is 4.74 Å². The summed E-state index contributed by atoms with van der Waals surface area (Å²) in [6.45, 7) is 6.39. The molecule has 0 saturated carbocycles. The lowest BCUT2D eigenvalue weighted by Crippen LogP contribution is -2.12. The molecule has 0 heterocycles. The van der Waals surface area contributed by atoms with Gasteiger partial charge in [0.25, 0.3) is 0 Å². The van der Waals surface area contributed by atoms with Crippen LogP contribution in [0.4, 0.5) is 0 Å². The molecule has 0 aliphatic rings. The van der Waals surface area contributed by atoms with Crippen LogP contribution in [0.1, 0.15) is 24.9 Å². The lowest BCUT2D eigenvalue weighted by Gasteiger charge is -2.18. The van der Waals surface area contributed by atoms with Crippen molar-refractivity contribution in [1.29, 1.82) is 0 Å². The van der Waals surface area contributed by atoms with Gasteiger partial charge in [-0.15, -0.1) is 6.58 Å². The highest BCUT2D eigenvalue weighted by Gasteiger charge is 2.14. The second-order valence-corrected chi connectivity index (χ2v) is 4.26. The van der Waals surface area contributed by atoms with Gasteiger partial charge in [-0.1, -0.05) is 36.4 Å². The van der Waals surface area contributed by atoms with Crippen LogP contribution in [-0.2, 0) is 0 Å². The molecule has 94 valence electrons. The fourth-order valence-corrected chi connectivity index (χ4v) is 2.24. The van der Waals surface area contributed by atoms with Gasteiger partial charge < -0.3 is 10.5 Å². The van der Waals surface area contributed by atoms with Gasteiger partial charge in [0, 0.05) is 11.6 Å². The average molecular weight is 241 g/mol. The molecule has 0 saturated heterocycles. The molecule has 0 bridgehead atoms. The Bertz CT molecular complexity index is 548. The first-order valence-corrected chi connectivity index (χ1v) is 6.28. The van der Waals surface area contributed by atoms with Gasteiger partial charge in [0.2, 0.25) is 0 Å². The van der Waals surface area contributed by atoms with E-state index in [-0.39, 0.29) is 6.04 Å². The quantitative estimate of drug-likeness (QED) is 0.808. The van der Waals surface area contributed by atoms with Crippen molar-refractivity contribution in [3.05, 3.63) is 54.6 Å². The topological polar surface area (TPSA) is 35.2 Å². The Morgan fingerprint density at radius 3 is 2.78 bits per heavy atom. The Balaban J connectivity index is 2.61. The van der Waals surface area contributed by atoms with Crippen molar-refractivity contribution in [1.82, 2.24) is 0 Å². The van der Waals surface area contributed by atoms with Crippen molar-refractivity contribution in [2.24, 2.45) is 5.73 Å². The Morgan fingerprint density at radius 2 is 2.06 bits per heavy atom. The number of hydrogen-bond donors (Lipinski definition) is 1. The minimum Gasteiger partial charge on any atom is -0.494 e. The van der Waals surface area contributed by atoms with E-state index in [1.807, 2.05) is 31.2 Å². The molecule has 0 aromatic heterocycles. The van der Waals surface area contributed by atoms with Gasteiger partial charge in [0.15, 0.2) is 0 Å².